The molecule has 2 atom stereocenters. The molecule has 2 fully saturated rings. The van der Waals surface area contributed by atoms with E-state index in [1.165, 1.54) is 26.6 Å². The maximum Gasteiger partial charge on any atom is 0.333 e. The first-order valence-electron chi connectivity index (χ1n) is 9.88. The zero-order valence-electron chi connectivity index (χ0n) is 15.6. The molecule has 27 heavy (non-hydrogen) atoms. The lowest BCUT2D eigenvalue weighted by molar-refractivity contribution is 0.0826. The SMILES string of the molecule is CN1CC2CN(S(=O)(=O)NC(=O)Nc3c4c(cc5c3CCC5)CCC4)CC21. The molecule has 0 radical (unpaired) electrons. The van der Waals surface area contributed by atoms with Gasteiger partial charge in [-0.2, -0.15) is 12.7 Å². The fourth-order valence-corrected chi connectivity index (χ4v) is 6.50. The summed E-state index contributed by atoms with van der Waals surface area (Å²) in [6.45, 7) is 1.87. The van der Waals surface area contributed by atoms with Crippen LogP contribution in [0.3, 0.4) is 0 Å². The van der Waals surface area contributed by atoms with Gasteiger partial charge in [0.2, 0.25) is 0 Å². The molecule has 2 saturated heterocycles. The van der Waals surface area contributed by atoms with Crippen molar-refractivity contribution in [3.05, 3.63) is 28.3 Å². The van der Waals surface area contributed by atoms with E-state index >= 15 is 0 Å². The number of benzene rings is 1. The van der Waals surface area contributed by atoms with Gasteiger partial charge in [-0.15, -0.1) is 0 Å². The first-order chi connectivity index (χ1) is 12.9. The number of likely N-dealkylation sites (tertiary alicyclic amines) is 1. The summed E-state index contributed by atoms with van der Waals surface area (Å²) in [5, 5.41) is 2.90. The van der Waals surface area contributed by atoms with Gasteiger partial charge in [0.15, 0.2) is 0 Å². The molecule has 0 aromatic heterocycles. The summed E-state index contributed by atoms with van der Waals surface area (Å²) in [7, 11) is -1.80. The largest absolute Gasteiger partial charge is 0.333 e. The Morgan fingerprint density at radius 2 is 1.70 bits per heavy atom. The Morgan fingerprint density at radius 3 is 2.30 bits per heavy atom. The number of rotatable bonds is 3. The van der Waals surface area contributed by atoms with Gasteiger partial charge in [-0.05, 0) is 67.8 Å². The van der Waals surface area contributed by atoms with E-state index in [-0.39, 0.29) is 6.04 Å². The van der Waals surface area contributed by atoms with E-state index in [4.69, 9.17) is 0 Å². The van der Waals surface area contributed by atoms with Crippen molar-refractivity contribution in [1.29, 1.82) is 0 Å². The maximum absolute atomic E-state index is 12.7. The number of nitrogens with one attached hydrogen (secondary N) is 2. The quantitative estimate of drug-likeness (QED) is 0.815. The number of amides is 2. The van der Waals surface area contributed by atoms with E-state index in [0.29, 0.717) is 19.0 Å². The smallest absolute Gasteiger partial charge is 0.307 e. The third-order valence-electron chi connectivity index (χ3n) is 6.73. The molecule has 4 aliphatic rings. The number of nitrogens with zero attached hydrogens (tertiary/aromatic N) is 2. The van der Waals surface area contributed by atoms with Crippen molar-refractivity contribution in [1.82, 2.24) is 13.9 Å². The van der Waals surface area contributed by atoms with Gasteiger partial charge in [0.05, 0.1) is 0 Å². The Morgan fingerprint density at radius 1 is 1.04 bits per heavy atom. The van der Waals surface area contributed by atoms with Crippen LogP contribution in [0.4, 0.5) is 10.5 Å². The van der Waals surface area contributed by atoms with Crippen LogP contribution in [0.5, 0.6) is 0 Å². The average Bonchev–Trinajstić information content (AvgIpc) is 3.31. The molecule has 2 heterocycles. The van der Waals surface area contributed by atoms with Crippen LogP contribution in [0.25, 0.3) is 0 Å². The van der Waals surface area contributed by atoms with Crippen molar-refractivity contribution < 1.29 is 13.2 Å². The van der Waals surface area contributed by atoms with Crippen molar-refractivity contribution in [2.75, 3.05) is 32.0 Å². The first-order valence-corrected chi connectivity index (χ1v) is 11.3. The van der Waals surface area contributed by atoms with Crippen molar-refractivity contribution in [3.8, 4) is 0 Å². The molecule has 0 saturated carbocycles. The second kappa shape index (κ2) is 6.18. The lowest BCUT2D eigenvalue weighted by Gasteiger charge is -2.40. The van der Waals surface area contributed by atoms with Gasteiger partial charge >= 0.3 is 16.2 Å². The summed E-state index contributed by atoms with van der Waals surface area (Å²) < 4.78 is 29.0. The van der Waals surface area contributed by atoms with Crippen LogP contribution in [0.15, 0.2) is 6.07 Å². The van der Waals surface area contributed by atoms with E-state index in [1.807, 2.05) is 7.05 Å². The molecule has 0 bridgehead atoms. The monoisotopic (exact) mass is 390 g/mol. The lowest BCUT2D eigenvalue weighted by atomic mass is 9.93. The predicted octanol–water partition coefficient (Wildman–Crippen LogP) is 1.28. The lowest BCUT2D eigenvalue weighted by Crippen LogP contribution is -2.53. The molecular formula is C19H26N4O3S. The van der Waals surface area contributed by atoms with Crippen LogP contribution < -0.4 is 10.0 Å². The highest BCUT2D eigenvalue weighted by Crippen LogP contribution is 2.38. The van der Waals surface area contributed by atoms with Gasteiger partial charge in [0, 0.05) is 37.3 Å². The Kier molecular flexibility index (Phi) is 4.00. The normalized spacial score (nSPS) is 27.0. The van der Waals surface area contributed by atoms with Gasteiger partial charge < -0.3 is 10.2 Å². The Bertz CT molecular complexity index is 882. The van der Waals surface area contributed by atoms with E-state index in [0.717, 1.165) is 50.8 Å². The molecule has 0 spiro atoms. The van der Waals surface area contributed by atoms with Crippen LogP contribution in [0, 0.1) is 5.92 Å². The molecule has 2 N–H and O–H groups in total. The van der Waals surface area contributed by atoms with Crippen molar-refractivity contribution in [2.45, 2.75) is 44.6 Å². The summed E-state index contributed by atoms with van der Waals surface area (Å²) in [6, 6.07) is 1.93. The van der Waals surface area contributed by atoms with E-state index in [2.05, 4.69) is 21.0 Å². The number of hydrogen-bond donors (Lipinski definition) is 2. The molecule has 2 amide bonds. The molecule has 2 aliphatic heterocycles. The van der Waals surface area contributed by atoms with E-state index < -0.39 is 16.2 Å². The van der Waals surface area contributed by atoms with E-state index in [9.17, 15) is 13.2 Å². The first kappa shape index (κ1) is 17.5. The van der Waals surface area contributed by atoms with Crippen molar-refractivity contribution in [2.24, 2.45) is 5.92 Å². The highest BCUT2D eigenvalue weighted by atomic mass is 32.2. The number of fused-ring (bicyclic) bond motifs is 3. The van der Waals surface area contributed by atoms with Gasteiger partial charge in [-0.3, -0.25) is 0 Å². The Balaban J connectivity index is 1.33. The Labute approximate surface area is 160 Å². The molecule has 7 nitrogen and oxygen atoms in total. The summed E-state index contributed by atoms with van der Waals surface area (Å²) in [5.74, 6) is 0.385. The molecule has 1 aromatic carbocycles. The van der Waals surface area contributed by atoms with Crippen molar-refractivity contribution >= 4 is 21.9 Å². The molecule has 1 aromatic rings. The summed E-state index contributed by atoms with van der Waals surface area (Å²) >= 11 is 0. The van der Waals surface area contributed by atoms with Gasteiger partial charge in [-0.25, -0.2) is 9.52 Å². The summed E-state index contributed by atoms with van der Waals surface area (Å²) in [4.78, 5) is 14.8. The third-order valence-corrected chi connectivity index (χ3v) is 8.16. The zero-order chi connectivity index (χ0) is 18.8. The minimum absolute atomic E-state index is 0.283. The number of urea groups is 1. The minimum Gasteiger partial charge on any atom is -0.307 e. The van der Waals surface area contributed by atoms with Gasteiger partial charge in [0.1, 0.15) is 0 Å². The molecule has 2 unspecified atom stereocenters. The predicted molar refractivity (Wildman–Crippen MR) is 103 cm³/mol. The molecule has 146 valence electrons. The third kappa shape index (κ3) is 2.85. The molecule has 2 aliphatic carbocycles. The number of anilines is 1. The second-order valence-electron chi connectivity index (χ2n) is 8.38. The Hall–Kier alpha value is -1.64. The molecule has 5 rings (SSSR count). The highest BCUT2D eigenvalue weighted by Gasteiger charge is 2.47. The van der Waals surface area contributed by atoms with E-state index in [1.54, 1.807) is 0 Å². The number of carbonyl (C=O) groups excluding carboxylic acids is 1. The van der Waals surface area contributed by atoms with Crippen molar-refractivity contribution in [3.63, 3.8) is 0 Å². The number of likely N-dealkylation sites (N-methyl/N-ethyl adjacent to an activating group) is 1. The van der Waals surface area contributed by atoms with Crippen LogP contribution in [-0.4, -0.2) is 56.4 Å². The second-order valence-corrected chi connectivity index (χ2v) is 10.0. The summed E-state index contributed by atoms with van der Waals surface area (Å²) in [5.41, 5.74) is 5.89. The number of aryl methyl sites for hydroxylation is 2. The average molecular weight is 391 g/mol. The minimum atomic E-state index is -3.81. The van der Waals surface area contributed by atoms with Gasteiger partial charge in [-0.1, -0.05) is 6.07 Å². The van der Waals surface area contributed by atoms with Crippen LogP contribution in [0.2, 0.25) is 0 Å². The number of carbonyl (C=O) groups is 1. The highest BCUT2D eigenvalue weighted by molar-refractivity contribution is 7.87. The summed E-state index contributed by atoms with van der Waals surface area (Å²) in [6.07, 6.45) is 6.18. The fraction of sp³-hybridized carbons (Fsp3) is 0.632. The topological polar surface area (TPSA) is 81.8 Å². The van der Waals surface area contributed by atoms with Crippen LogP contribution in [-0.2, 0) is 35.9 Å². The zero-order valence-corrected chi connectivity index (χ0v) is 16.4. The fourth-order valence-electron chi connectivity index (χ4n) is 5.35. The van der Waals surface area contributed by atoms with Gasteiger partial charge in [0.25, 0.3) is 0 Å². The molecular weight excluding hydrogens is 364 g/mol. The number of hydrogen-bond acceptors (Lipinski definition) is 4. The van der Waals surface area contributed by atoms with Crippen LogP contribution >= 0.6 is 0 Å². The maximum atomic E-state index is 12.7. The molecule has 8 heteroatoms. The van der Waals surface area contributed by atoms with Crippen LogP contribution in [0.1, 0.15) is 35.1 Å². The standard InChI is InChI=1S/C19H26N4O3S/c1-22-9-14-10-23(11-17(14)22)27(25,26)21-19(24)20-18-15-6-2-4-12(15)8-13-5-3-7-16(13)18/h8,14,17H,2-7,9-11H2,1H3,(H2,20,21,24).